The number of pyridine rings is 1. The zero-order chi connectivity index (χ0) is 21.5. The second kappa shape index (κ2) is 7.34. The lowest BCUT2D eigenvalue weighted by atomic mass is 10.0. The quantitative estimate of drug-likeness (QED) is 0.391. The van der Waals surface area contributed by atoms with Crippen molar-refractivity contribution < 1.29 is 17.5 Å². The number of aryl methyl sites for hydroxylation is 1. The average Bonchev–Trinajstić information content (AvgIpc) is 2.72. The molecule has 0 bridgehead atoms. The van der Waals surface area contributed by atoms with Crippen LogP contribution in [-0.4, -0.2) is 29.6 Å². The van der Waals surface area contributed by atoms with E-state index in [1.54, 1.807) is 42.6 Å². The van der Waals surface area contributed by atoms with Gasteiger partial charge in [-0.25, -0.2) is 27.8 Å². The van der Waals surface area contributed by atoms with Crippen LogP contribution in [0.1, 0.15) is 5.56 Å². The molecule has 0 fully saturated rings. The standard InChI is InChI=1S/C21H17FN4O3S/c1-12-5-6-13-14(7-8-16(22)18(13)23)19(12)29-20-15(4-3-10-24-20)17-9-11-25-21(26-17)30(2,27)28/h3-11H,23H2,1-2H3. The first-order valence-corrected chi connectivity index (χ1v) is 10.8. The van der Waals surface area contributed by atoms with Gasteiger partial charge in [0.15, 0.2) is 0 Å². The monoisotopic (exact) mass is 424 g/mol. The normalized spacial score (nSPS) is 11.6. The highest BCUT2D eigenvalue weighted by Gasteiger charge is 2.18. The number of nitrogen functional groups attached to an aromatic ring is 1. The summed E-state index contributed by atoms with van der Waals surface area (Å²) in [7, 11) is -3.58. The number of nitrogens with two attached hydrogens (primary N) is 1. The van der Waals surface area contributed by atoms with Crippen LogP contribution in [0.4, 0.5) is 10.1 Å². The highest BCUT2D eigenvalue weighted by molar-refractivity contribution is 7.90. The number of halogens is 1. The summed E-state index contributed by atoms with van der Waals surface area (Å²) in [6.07, 6.45) is 3.95. The molecule has 2 heterocycles. The van der Waals surface area contributed by atoms with E-state index in [1.807, 2.05) is 6.92 Å². The van der Waals surface area contributed by atoms with Crippen LogP contribution in [0.5, 0.6) is 11.6 Å². The van der Waals surface area contributed by atoms with Gasteiger partial charge < -0.3 is 10.5 Å². The molecule has 7 nitrogen and oxygen atoms in total. The van der Waals surface area contributed by atoms with E-state index in [4.69, 9.17) is 10.5 Å². The first-order valence-electron chi connectivity index (χ1n) is 8.89. The van der Waals surface area contributed by atoms with Gasteiger partial charge in [0.05, 0.1) is 16.9 Å². The Balaban J connectivity index is 1.86. The molecule has 4 rings (SSSR count). The molecule has 152 valence electrons. The van der Waals surface area contributed by atoms with Crippen LogP contribution in [0.2, 0.25) is 0 Å². The molecule has 0 aliphatic carbocycles. The Morgan fingerprint density at radius 2 is 1.77 bits per heavy atom. The van der Waals surface area contributed by atoms with Gasteiger partial charge in [-0.3, -0.25) is 0 Å². The van der Waals surface area contributed by atoms with Crippen LogP contribution in [0.25, 0.3) is 22.0 Å². The molecule has 0 aliphatic heterocycles. The Morgan fingerprint density at radius 3 is 2.53 bits per heavy atom. The minimum absolute atomic E-state index is 0.0344. The number of benzene rings is 2. The van der Waals surface area contributed by atoms with Crippen molar-refractivity contribution in [3.05, 3.63) is 66.2 Å². The van der Waals surface area contributed by atoms with Gasteiger partial charge in [-0.05, 0) is 42.8 Å². The lowest BCUT2D eigenvalue weighted by Crippen LogP contribution is -2.04. The van der Waals surface area contributed by atoms with E-state index in [-0.39, 0.29) is 16.7 Å². The Labute approximate surface area is 172 Å². The molecule has 9 heteroatoms. The molecule has 0 amide bonds. The van der Waals surface area contributed by atoms with E-state index < -0.39 is 15.7 Å². The Bertz CT molecular complexity index is 1390. The van der Waals surface area contributed by atoms with E-state index in [0.29, 0.717) is 27.8 Å². The van der Waals surface area contributed by atoms with Crippen LogP contribution in [-0.2, 0) is 9.84 Å². The molecule has 2 N–H and O–H groups in total. The number of aromatic nitrogens is 3. The molecule has 2 aromatic carbocycles. The van der Waals surface area contributed by atoms with Crippen molar-refractivity contribution in [3.63, 3.8) is 0 Å². The largest absolute Gasteiger partial charge is 0.437 e. The van der Waals surface area contributed by atoms with Gasteiger partial charge >= 0.3 is 0 Å². The molecule has 0 aliphatic rings. The first-order chi connectivity index (χ1) is 14.3. The van der Waals surface area contributed by atoms with Crippen LogP contribution < -0.4 is 10.5 Å². The van der Waals surface area contributed by atoms with E-state index in [0.717, 1.165) is 11.8 Å². The second-order valence-corrected chi connectivity index (χ2v) is 8.63. The first kappa shape index (κ1) is 19.7. The summed E-state index contributed by atoms with van der Waals surface area (Å²) in [5.74, 6) is 0.177. The van der Waals surface area contributed by atoms with Crippen molar-refractivity contribution in [2.24, 2.45) is 0 Å². The highest BCUT2D eigenvalue weighted by Crippen LogP contribution is 2.38. The molecular formula is C21H17FN4O3S. The molecule has 0 atom stereocenters. The minimum atomic E-state index is -3.58. The average molecular weight is 424 g/mol. The highest BCUT2D eigenvalue weighted by atomic mass is 32.2. The van der Waals surface area contributed by atoms with Crippen molar-refractivity contribution in [1.82, 2.24) is 15.0 Å². The maximum Gasteiger partial charge on any atom is 0.247 e. The third-order valence-electron chi connectivity index (χ3n) is 4.55. The number of hydrogen-bond acceptors (Lipinski definition) is 7. The summed E-state index contributed by atoms with van der Waals surface area (Å²) in [6.45, 7) is 1.85. The molecule has 0 radical (unpaired) electrons. The zero-order valence-electron chi connectivity index (χ0n) is 16.1. The van der Waals surface area contributed by atoms with Gasteiger partial charge in [-0.1, -0.05) is 12.1 Å². The van der Waals surface area contributed by atoms with Crippen molar-refractivity contribution in [1.29, 1.82) is 0 Å². The third-order valence-corrected chi connectivity index (χ3v) is 5.41. The number of sulfone groups is 1. The van der Waals surface area contributed by atoms with Crippen molar-refractivity contribution in [2.75, 3.05) is 12.0 Å². The molecular weight excluding hydrogens is 407 g/mol. The minimum Gasteiger partial charge on any atom is -0.437 e. The zero-order valence-corrected chi connectivity index (χ0v) is 16.9. The van der Waals surface area contributed by atoms with Gasteiger partial charge in [0, 0.05) is 29.4 Å². The number of rotatable bonds is 4. The Hall–Kier alpha value is -3.59. The summed E-state index contributed by atoms with van der Waals surface area (Å²) < 4.78 is 43.7. The van der Waals surface area contributed by atoms with Crippen LogP contribution in [0, 0.1) is 12.7 Å². The van der Waals surface area contributed by atoms with Gasteiger partial charge in [0.25, 0.3) is 0 Å². The second-order valence-electron chi connectivity index (χ2n) is 6.72. The molecule has 4 aromatic rings. The molecule has 2 aromatic heterocycles. The fourth-order valence-corrected chi connectivity index (χ4v) is 3.57. The van der Waals surface area contributed by atoms with Gasteiger partial charge in [-0.15, -0.1) is 0 Å². The predicted molar refractivity (Wildman–Crippen MR) is 112 cm³/mol. The maximum atomic E-state index is 13.9. The van der Waals surface area contributed by atoms with Gasteiger partial charge in [0.1, 0.15) is 11.6 Å². The van der Waals surface area contributed by atoms with E-state index >= 15 is 0 Å². The van der Waals surface area contributed by atoms with Crippen LogP contribution in [0.15, 0.2) is 60.0 Å². The fraction of sp³-hybridized carbons (Fsp3) is 0.0952. The lowest BCUT2D eigenvalue weighted by molar-refractivity contribution is 0.466. The Morgan fingerprint density at radius 1 is 1.00 bits per heavy atom. The fourth-order valence-electron chi connectivity index (χ4n) is 3.05. The van der Waals surface area contributed by atoms with Crippen LogP contribution >= 0.6 is 0 Å². The number of anilines is 1. The number of nitrogens with zero attached hydrogens (tertiary/aromatic N) is 3. The van der Waals surface area contributed by atoms with Crippen molar-refractivity contribution in [3.8, 4) is 22.9 Å². The smallest absolute Gasteiger partial charge is 0.247 e. The molecule has 0 saturated heterocycles. The predicted octanol–water partition coefficient (Wildman–Crippen LogP) is 3.92. The molecule has 30 heavy (non-hydrogen) atoms. The number of ether oxygens (including phenoxy) is 1. The summed E-state index contributed by atoms with van der Waals surface area (Å²) in [6, 6.07) is 11.4. The molecule has 0 spiro atoms. The van der Waals surface area contributed by atoms with E-state index in [1.165, 1.54) is 12.3 Å². The number of fused-ring (bicyclic) bond motifs is 1. The summed E-state index contributed by atoms with van der Waals surface area (Å²) in [5, 5.41) is 0.860. The topological polar surface area (TPSA) is 108 Å². The van der Waals surface area contributed by atoms with Crippen molar-refractivity contribution >= 4 is 26.3 Å². The summed E-state index contributed by atoms with van der Waals surface area (Å²) in [5.41, 5.74) is 7.55. The third kappa shape index (κ3) is 3.55. The van der Waals surface area contributed by atoms with Gasteiger partial charge in [0.2, 0.25) is 20.9 Å². The molecule has 0 unspecified atom stereocenters. The SMILES string of the molecule is Cc1ccc2c(N)c(F)ccc2c1Oc1ncccc1-c1ccnc(S(C)(=O)=O)n1. The van der Waals surface area contributed by atoms with Crippen LogP contribution in [0.3, 0.4) is 0 Å². The maximum absolute atomic E-state index is 13.9. The van der Waals surface area contributed by atoms with E-state index in [2.05, 4.69) is 15.0 Å². The lowest BCUT2D eigenvalue weighted by Gasteiger charge is -2.15. The Kier molecular flexibility index (Phi) is 4.83. The summed E-state index contributed by atoms with van der Waals surface area (Å²) >= 11 is 0. The van der Waals surface area contributed by atoms with E-state index in [9.17, 15) is 12.8 Å². The molecule has 0 saturated carbocycles. The van der Waals surface area contributed by atoms with Crippen molar-refractivity contribution in [2.45, 2.75) is 12.1 Å². The number of hydrogen-bond donors (Lipinski definition) is 1. The summed E-state index contributed by atoms with van der Waals surface area (Å²) in [4.78, 5) is 12.2. The van der Waals surface area contributed by atoms with Gasteiger partial charge in [-0.2, -0.15) is 0 Å².